The summed E-state index contributed by atoms with van der Waals surface area (Å²) in [6.07, 6.45) is 2.95. The Morgan fingerprint density at radius 3 is 0.738 bits per heavy atom. The van der Waals surface area contributed by atoms with Gasteiger partial charge in [-0.15, -0.1) is 0 Å². The Morgan fingerprint density at radius 2 is 0.613 bits per heavy atom. The molecule has 32 nitrogen and oxygen atoms in total. The predicted molar refractivity (Wildman–Crippen MR) is 260 cm³/mol. The van der Waals surface area contributed by atoms with Gasteiger partial charge in [0.05, 0.1) is 50.8 Å². The number of nitriles is 2. The van der Waals surface area contributed by atoms with Gasteiger partial charge in [-0.2, -0.15) is 10.5 Å². The van der Waals surface area contributed by atoms with Gasteiger partial charge in [0.2, 0.25) is 0 Å². The second-order valence-electron chi connectivity index (χ2n) is 11.8. The molecule has 450 valence electrons. The fraction of sp³-hybridized carbons (Fsp3) is 0.273. The summed E-state index contributed by atoms with van der Waals surface area (Å²) < 4.78 is 19.9. The van der Waals surface area contributed by atoms with E-state index in [-0.39, 0.29) is 158 Å². The van der Waals surface area contributed by atoms with Crippen LogP contribution in [0.4, 0.5) is 9.59 Å². The van der Waals surface area contributed by atoms with Crippen molar-refractivity contribution in [2.24, 2.45) is 20.0 Å². The van der Waals surface area contributed by atoms with E-state index in [1.54, 1.807) is 110 Å². The summed E-state index contributed by atoms with van der Waals surface area (Å²) in [7, 11) is 5.85. The van der Waals surface area contributed by atoms with Crippen molar-refractivity contribution in [3.8, 4) is 58.1 Å². The zero-order valence-corrected chi connectivity index (χ0v) is 49.2. The first-order valence-corrected chi connectivity index (χ1v) is 19.5. The van der Waals surface area contributed by atoms with E-state index in [4.69, 9.17) is 90.1 Å². The second-order valence-corrected chi connectivity index (χ2v) is 11.8. The molecule has 4 rings (SSSR count). The Balaban J connectivity index is -0.0000000786. The molecule has 36 heteroatoms. The van der Waals surface area contributed by atoms with Gasteiger partial charge in [0.15, 0.2) is 0 Å². The maximum Gasteiger partial charge on any atom is 3.00 e. The zero-order chi connectivity index (χ0) is 55.9. The topological polar surface area (TPSA) is 614 Å². The molecule has 0 aliphatic carbocycles. The van der Waals surface area contributed by atoms with Crippen molar-refractivity contribution in [1.29, 1.82) is 10.5 Å². The van der Waals surface area contributed by atoms with Crippen LogP contribution in [-0.4, -0.2) is 113 Å². The molecular weight excluding hydrogens is 1460 g/mol. The maximum absolute atomic E-state index is 11.9. The molecule has 0 spiro atoms. The van der Waals surface area contributed by atoms with E-state index in [1.807, 2.05) is 0 Å². The van der Waals surface area contributed by atoms with E-state index in [1.165, 1.54) is 42.3 Å². The van der Waals surface area contributed by atoms with Crippen molar-refractivity contribution in [3.63, 3.8) is 0 Å². The van der Waals surface area contributed by atoms with Crippen LogP contribution in [0.15, 0.2) is 92.8 Å². The fourth-order valence-corrected chi connectivity index (χ4v) is 4.34. The van der Waals surface area contributed by atoms with Gasteiger partial charge in [-0.3, -0.25) is 20.0 Å². The molecule has 0 bridgehead atoms. The van der Waals surface area contributed by atoms with Gasteiger partial charge in [-0.1, -0.05) is 71.5 Å². The van der Waals surface area contributed by atoms with E-state index < -0.39 is 22.5 Å². The summed E-state index contributed by atoms with van der Waals surface area (Å²) in [5.74, 6) is 0.530. The first kappa shape index (κ1) is 102. The van der Waals surface area contributed by atoms with E-state index in [2.05, 4.69) is 20.0 Å². The molecule has 0 saturated heterocycles. The Hall–Kier alpha value is -6.64. The Kier molecular flexibility index (Phi) is 87.3. The summed E-state index contributed by atoms with van der Waals surface area (Å²) in [6.45, 7) is 5.01. The number of carbonyl (C=O) groups is 2. The number of benzene rings is 4. The van der Waals surface area contributed by atoms with Gasteiger partial charge < -0.3 is 122 Å². The molecule has 0 saturated carbocycles. The SMILES string of the molecule is CC#N.CC#N.COc1cccc(C=NCCCN=Cc2cccc(OC)c2[O-])c1[O-].COc1cccc(C=NCCCN=Cc2cccc(OC)c2[O-])c1[O-].O.O.O=C([O-])[O-].O=C([O-])[O-].O=[N+]([O-])[O-].O=[N+]([O-])[O-].[Gd+2].[Gd+2].[Ni+3].[Ni+3].[OH3+].[OH3+]. The number of methoxy groups -OCH3 is 4. The molecule has 0 aliphatic rings. The van der Waals surface area contributed by atoms with Crippen LogP contribution in [0.5, 0.6) is 46.0 Å². The van der Waals surface area contributed by atoms with Crippen LogP contribution < -0.4 is 59.8 Å². The molecule has 0 amide bonds. The van der Waals surface area contributed by atoms with Gasteiger partial charge in [-0.25, -0.2) is 0 Å². The third-order valence-electron chi connectivity index (χ3n) is 6.99. The summed E-state index contributed by atoms with van der Waals surface area (Å²) in [6, 6.07) is 23.8. The molecule has 4 aromatic rings. The average molecular weight is 1510 g/mol. The summed E-state index contributed by atoms with van der Waals surface area (Å²) in [5.41, 5.74) is 1.98. The number of carboxylic acid groups (broad SMARTS) is 4. The Morgan fingerprint density at radius 1 is 0.475 bits per heavy atom. The third kappa shape index (κ3) is 59.0. The van der Waals surface area contributed by atoms with Gasteiger partial charge in [0.1, 0.15) is 23.0 Å². The van der Waals surface area contributed by atoms with E-state index in [0.717, 1.165) is 0 Å². The van der Waals surface area contributed by atoms with Crippen LogP contribution in [-0.2, 0) is 43.9 Å². The minimum atomic E-state index is -2.33. The number of ether oxygens (including phenoxy) is 4. The second kappa shape index (κ2) is 68.5. The smallest absolute Gasteiger partial charge is 0.870 e. The van der Waals surface area contributed by atoms with Crippen molar-refractivity contribution in [3.05, 3.63) is 126 Å². The van der Waals surface area contributed by atoms with E-state index in [9.17, 15) is 20.4 Å². The quantitative estimate of drug-likeness (QED) is 0.0256. The third-order valence-corrected chi connectivity index (χ3v) is 6.99. The summed E-state index contributed by atoms with van der Waals surface area (Å²) >= 11 is 0. The molecule has 2 radical (unpaired) electrons. The van der Waals surface area contributed by atoms with Crippen molar-refractivity contribution in [2.75, 3.05) is 54.6 Å². The molecule has 80 heavy (non-hydrogen) atoms. The molecule has 0 unspecified atom stereocenters. The van der Waals surface area contributed by atoms with Gasteiger partial charge in [0, 0.05) is 64.9 Å². The first-order valence-electron chi connectivity index (χ1n) is 19.5. The number of nitrogens with zero attached hydrogens (tertiary/aromatic N) is 8. The zero-order valence-electron chi connectivity index (χ0n) is 42.7. The number of aliphatic imine (C=N–C) groups is 4. The Bertz CT molecular complexity index is 2100. The van der Waals surface area contributed by atoms with Crippen LogP contribution in [0.25, 0.3) is 0 Å². The molecule has 0 aliphatic heterocycles. The van der Waals surface area contributed by atoms with Gasteiger partial charge in [0.25, 0.3) is 0 Å². The summed E-state index contributed by atoms with van der Waals surface area (Å²) in [5, 5.41) is 125. The van der Waals surface area contributed by atoms with E-state index >= 15 is 0 Å². The van der Waals surface area contributed by atoms with Crippen molar-refractivity contribution in [1.82, 2.24) is 0 Å². The number of carbonyl (C=O) groups excluding carboxylic acids is 2. The minimum absolute atomic E-state index is 0. The molecule has 0 heterocycles. The summed E-state index contributed by atoms with van der Waals surface area (Å²) in [4.78, 5) is 50.1. The molecule has 4 aromatic carbocycles. The largest absolute Gasteiger partial charge is 3.00 e. The number of rotatable bonds is 16. The van der Waals surface area contributed by atoms with Crippen LogP contribution in [0, 0.1) is 133 Å². The molecule has 10 N–H and O–H groups in total. The van der Waals surface area contributed by atoms with Gasteiger partial charge >= 0.3 is 113 Å². The minimum Gasteiger partial charge on any atom is -0.870 e. The first-order chi connectivity index (χ1) is 34.1. The molecule has 0 aromatic heterocycles. The van der Waals surface area contributed by atoms with Crippen LogP contribution >= 0.6 is 0 Å². The van der Waals surface area contributed by atoms with Crippen LogP contribution in [0.2, 0.25) is 0 Å². The van der Waals surface area contributed by atoms with Crippen molar-refractivity contribution in [2.45, 2.75) is 26.7 Å². The van der Waals surface area contributed by atoms with Crippen molar-refractivity contribution >= 4 is 37.2 Å². The number of para-hydroxylation sites is 4. The molecule has 0 atom stereocenters. The van der Waals surface area contributed by atoms with Crippen molar-refractivity contribution < 1.29 is 214 Å². The number of hydrogen-bond donors (Lipinski definition) is 0. The van der Waals surface area contributed by atoms with Crippen LogP contribution in [0.1, 0.15) is 48.9 Å². The monoisotopic (exact) mass is 1510 g/mol. The molecular formula is C44H56Gd2N8Ni2O24+2. The van der Waals surface area contributed by atoms with E-state index in [0.29, 0.717) is 84.3 Å². The van der Waals surface area contributed by atoms with Gasteiger partial charge in [-0.05, 0) is 71.7 Å². The fourth-order valence-electron chi connectivity index (χ4n) is 4.34. The Labute approximate surface area is 542 Å². The predicted octanol–water partition coefficient (Wildman–Crippen LogP) is -4.25. The average Bonchev–Trinajstić information content (AvgIpc) is 3.30. The maximum atomic E-state index is 11.9. The number of hydrogen-bond acceptors (Lipinski definition) is 26. The standard InChI is InChI=1S/2C19H22N2O4.2C2H3N.2CH2O3.2Gd.2NO3.2Ni.4H2O/c2*1-24-16-8-3-6-14(18(16)22)12-20-10-5-11-21-13-15-7-4-9-17(25-2)19(15)23;2*1-2-3;2*2-1(3)4;;;2*2-1(3)4;;;;;;/h2*3-4,6-9,12-13,22-23H,5,10-11H2,1-2H3;2*1H3;2*(H2,2,3,4);;;;;;;4*1H2/q;;;;;;2*+2;2*-1;2*+3;;;;/p-6. The molecule has 0 fully saturated rings. The normalized spacial score (nSPS) is 8.45. The van der Waals surface area contributed by atoms with Crippen LogP contribution in [0.3, 0.4) is 0 Å².